The third-order valence-corrected chi connectivity index (χ3v) is 7.05. The smallest absolute Gasteiger partial charge is 0.305 e. The van der Waals surface area contributed by atoms with E-state index in [0.29, 0.717) is 0 Å². The molecule has 0 radical (unpaired) electrons. The van der Waals surface area contributed by atoms with E-state index >= 15 is 0 Å². The van der Waals surface area contributed by atoms with Crippen LogP contribution in [-0.4, -0.2) is 32.4 Å². The molecule has 1 aromatic heterocycles. The van der Waals surface area contributed by atoms with Crippen LogP contribution in [0.1, 0.15) is 46.0 Å². The summed E-state index contributed by atoms with van der Waals surface area (Å²) in [7, 11) is -3.22. The monoisotopic (exact) mass is 300 g/mol. The highest BCUT2D eigenvalue weighted by atomic mass is 31.2. The molecule has 2 fully saturated rings. The van der Waals surface area contributed by atoms with Gasteiger partial charge in [-0.2, -0.15) is 0 Å². The molecule has 1 N–H and O–H groups in total. The first-order valence-electron chi connectivity index (χ1n) is 7.14. The summed E-state index contributed by atoms with van der Waals surface area (Å²) in [4.78, 5) is 0. The molecule has 3 atom stereocenters. The Morgan fingerprint density at radius 3 is 2.25 bits per heavy atom. The summed E-state index contributed by atoms with van der Waals surface area (Å²) in [5.74, 6) is 0. The molecule has 1 aliphatic heterocycles. The van der Waals surface area contributed by atoms with Gasteiger partial charge in [0.05, 0.1) is 12.2 Å². The highest BCUT2D eigenvalue weighted by molar-refractivity contribution is 7.56. The van der Waals surface area contributed by atoms with Gasteiger partial charge >= 0.3 is 7.60 Å². The Labute approximate surface area is 118 Å². The van der Waals surface area contributed by atoms with Gasteiger partial charge in [0.1, 0.15) is 12.7 Å². The Bertz CT molecular complexity index is 487. The maximum atomic E-state index is 13.3. The van der Waals surface area contributed by atoms with Gasteiger partial charge in [-0.3, -0.25) is 4.57 Å². The van der Waals surface area contributed by atoms with Gasteiger partial charge in [-0.15, -0.1) is 10.2 Å². The third-order valence-electron chi connectivity index (χ3n) is 4.23. The van der Waals surface area contributed by atoms with Crippen LogP contribution >= 0.6 is 7.60 Å². The van der Waals surface area contributed by atoms with E-state index in [1.807, 2.05) is 13.8 Å². The third kappa shape index (κ3) is 2.28. The van der Waals surface area contributed by atoms with Crippen molar-refractivity contribution < 1.29 is 13.6 Å². The Kier molecular flexibility index (Phi) is 3.60. The van der Waals surface area contributed by atoms with E-state index in [2.05, 4.69) is 15.6 Å². The van der Waals surface area contributed by atoms with Crippen LogP contribution in [0.5, 0.6) is 0 Å². The molecule has 7 nitrogen and oxygen atoms in total. The van der Waals surface area contributed by atoms with E-state index in [1.54, 1.807) is 17.3 Å². The maximum Gasteiger partial charge on any atom is 0.357 e. The second-order valence-electron chi connectivity index (χ2n) is 5.69. The SMILES string of the molecule is C[C@@H]1OP(=O)(C2(Nn3cnnc3)CCCCC2)O[C@@H]1C. The minimum absolute atomic E-state index is 0.151. The quantitative estimate of drug-likeness (QED) is 0.864. The van der Waals surface area contributed by atoms with Crippen molar-refractivity contribution in [3.05, 3.63) is 12.7 Å². The molecule has 1 unspecified atom stereocenters. The van der Waals surface area contributed by atoms with Crippen molar-refractivity contribution in [2.75, 3.05) is 5.43 Å². The summed E-state index contributed by atoms with van der Waals surface area (Å²) >= 11 is 0. The minimum Gasteiger partial charge on any atom is -0.305 e. The summed E-state index contributed by atoms with van der Waals surface area (Å²) < 4.78 is 26.5. The van der Waals surface area contributed by atoms with Crippen molar-refractivity contribution in [3.63, 3.8) is 0 Å². The average Bonchev–Trinajstić information content (AvgIpc) is 3.00. The lowest BCUT2D eigenvalue weighted by atomic mass is 9.95. The summed E-state index contributed by atoms with van der Waals surface area (Å²) in [6.07, 6.45) is 7.52. The molecule has 20 heavy (non-hydrogen) atoms. The fourth-order valence-corrected chi connectivity index (χ4v) is 5.69. The first kappa shape index (κ1) is 14.0. The maximum absolute atomic E-state index is 13.3. The van der Waals surface area contributed by atoms with Crippen molar-refractivity contribution in [1.29, 1.82) is 0 Å². The number of nitrogens with zero attached hydrogens (tertiary/aromatic N) is 3. The van der Waals surface area contributed by atoms with Gasteiger partial charge < -0.3 is 14.5 Å². The normalized spacial score (nSPS) is 36.9. The van der Waals surface area contributed by atoms with E-state index in [9.17, 15) is 4.57 Å². The van der Waals surface area contributed by atoms with E-state index in [0.717, 1.165) is 32.1 Å². The summed E-state index contributed by atoms with van der Waals surface area (Å²) in [6, 6.07) is 0. The summed E-state index contributed by atoms with van der Waals surface area (Å²) in [6.45, 7) is 3.80. The second-order valence-corrected chi connectivity index (χ2v) is 7.96. The van der Waals surface area contributed by atoms with Crippen LogP contribution in [0.3, 0.4) is 0 Å². The number of nitrogens with one attached hydrogen (secondary N) is 1. The number of rotatable bonds is 3. The van der Waals surface area contributed by atoms with Crippen molar-refractivity contribution in [2.24, 2.45) is 0 Å². The molecular formula is C12H21N4O3P. The fourth-order valence-electron chi connectivity index (χ4n) is 2.92. The van der Waals surface area contributed by atoms with E-state index in [-0.39, 0.29) is 12.2 Å². The highest BCUT2D eigenvalue weighted by Gasteiger charge is 2.57. The average molecular weight is 300 g/mol. The Hall–Kier alpha value is -0.910. The van der Waals surface area contributed by atoms with Crippen LogP contribution in [0.25, 0.3) is 0 Å². The minimum atomic E-state index is -3.22. The molecule has 112 valence electrons. The summed E-state index contributed by atoms with van der Waals surface area (Å²) in [5, 5.41) is 6.88. The van der Waals surface area contributed by atoms with Crippen molar-refractivity contribution in [1.82, 2.24) is 14.9 Å². The molecule has 2 aliphatic rings. The van der Waals surface area contributed by atoms with Gasteiger partial charge in [-0.1, -0.05) is 19.3 Å². The molecule has 3 rings (SSSR count). The topological polar surface area (TPSA) is 78.3 Å². The van der Waals surface area contributed by atoms with Crippen molar-refractivity contribution >= 4 is 7.60 Å². The second kappa shape index (κ2) is 5.13. The van der Waals surface area contributed by atoms with Crippen LogP contribution in [0, 0.1) is 0 Å². The predicted octanol–water partition coefficient (Wildman–Crippen LogP) is 2.50. The largest absolute Gasteiger partial charge is 0.357 e. The van der Waals surface area contributed by atoms with Crippen LogP contribution < -0.4 is 5.43 Å². The molecule has 2 heterocycles. The lowest BCUT2D eigenvalue weighted by Gasteiger charge is -2.40. The fraction of sp³-hybridized carbons (Fsp3) is 0.833. The standard InChI is InChI=1S/C12H21N4O3P/c1-10-11(2)19-20(17,18-10)12(6-4-3-5-7-12)15-16-8-13-14-9-16/h8-11,15H,3-7H2,1-2H3/t10-,11+,20?. The Balaban J connectivity index is 1.91. The lowest BCUT2D eigenvalue weighted by molar-refractivity contribution is 0.187. The van der Waals surface area contributed by atoms with Crippen LogP contribution in [0.4, 0.5) is 0 Å². The zero-order valence-electron chi connectivity index (χ0n) is 11.9. The predicted molar refractivity (Wildman–Crippen MR) is 73.9 cm³/mol. The molecule has 1 aliphatic carbocycles. The molecule has 1 saturated carbocycles. The van der Waals surface area contributed by atoms with Crippen LogP contribution in [0.15, 0.2) is 12.7 Å². The van der Waals surface area contributed by atoms with Crippen LogP contribution in [0.2, 0.25) is 0 Å². The van der Waals surface area contributed by atoms with Gasteiger partial charge in [0.25, 0.3) is 0 Å². The van der Waals surface area contributed by atoms with Crippen molar-refractivity contribution in [3.8, 4) is 0 Å². The van der Waals surface area contributed by atoms with E-state index < -0.39 is 12.9 Å². The number of hydrogen-bond donors (Lipinski definition) is 1. The molecule has 0 bridgehead atoms. The van der Waals surface area contributed by atoms with Crippen LogP contribution in [-0.2, 0) is 13.6 Å². The first-order chi connectivity index (χ1) is 9.55. The van der Waals surface area contributed by atoms with Gasteiger partial charge in [-0.25, -0.2) is 4.68 Å². The molecule has 0 aromatic carbocycles. The van der Waals surface area contributed by atoms with E-state index in [1.165, 1.54) is 0 Å². The lowest BCUT2D eigenvalue weighted by Crippen LogP contribution is -2.44. The number of hydrogen-bond acceptors (Lipinski definition) is 6. The van der Waals surface area contributed by atoms with Crippen molar-refractivity contribution in [2.45, 2.75) is 63.4 Å². The Morgan fingerprint density at radius 1 is 1.15 bits per heavy atom. The van der Waals surface area contributed by atoms with Gasteiger partial charge in [-0.05, 0) is 26.7 Å². The number of aromatic nitrogens is 3. The molecule has 0 spiro atoms. The summed E-state index contributed by atoms with van der Waals surface area (Å²) in [5.41, 5.74) is 3.28. The Morgan fingerprint density at radius 2 is 1.70 bits per heavy atom. The van der Waals surface area contributed by atoms with Gasteiger partial charge in [0.2, 0.25) is 0 Å². The molecule has 8 heteroatoms. The highest BCUT2D eigenvalue weighted by Crippen LogP contribution is 2.68. The van der Waals surface area contributed by atoms with Gasteiger partial charge in [0, 0.05) is 0 Å². The molecular weight excluding hydrogens is 279 g/mol. The zero-order chi connectivity index (χ0) is 14.2. The molecule has 1 saturated heterocycles. The zero-order valence-corrected chi connectivity index (χ0v) is 12.8. The molecule has 1 aromatic rings. The van der Waals surface area contributed by atoms with E-state index in [4.69, 9.17) is 9.05 Å². The first-order valence-corrected chi connectivity index (χ1v) is 8.69. The molecule has 0 amide bonds. The van der Waals surface area contributed by atoms with Gasteiger partial charge in [0.15, 0.2) is 5.28 Å².